The number of carbonyl (C=O) groups excluding carboxylic acids is 1. The van der Waals surface area contributed by atoms with Crippen molar-refractivity contribution in [3.05, 3.63) is 48.0 Å². The van der Waals surface area contributed by atoms with Gasteiger partial charge in [-0.3, -0.25) is 0 Å². The molecule has 2 fully saturated rings. The first-order valence-electron chi connectivity index (χ1n) is 9.09. The van der Waals surface area contributed by atoms with Crippen molar-refractivity contribution in [3.8, 4) is 0 Å². The van der Waals surface area contributed by atoms with Gasteiger partial charge < -0.3 is 19.5 Å². The lowest BCUT2D eigenvalue weighted by atomic mass is 10.2. The van der Waals surface area contributed by atoms with Gasteiger partial charge >= 0.3 is 6.03 Å². The van der Waals surface area contributed by atoms with Crippen molar-refractivity contribution in [1.82, 2.24) is 15.2 Å². The van der Waals surface area contributed by atoms with Gasteiger partial charge in [-0.05, 0) is 37.5 Å². The molecule has 2 aliphatic heterocycles. The van der Waals surface area contributed by atoms with E-state index in [-0.39, 0.29) is 12.1 Å². The average Bonchev–Trinajstić information content (AvgIpc) is 3.02. The molecular weight excluding hydrogens is 316 g/mol. The predicted octanol–water partition coefficient (Wildman–Crippen LogP) is 2.72. The highest BCUT2D eigenvalue weighted by Crippen LogP contribution is 2.41. The summed E-state index contributed by atoms with van der Waals surface area (Å²) >= 11 is 0. The largest absolute Gasteiger partial charge is 0.469 e. The molecule has 6 nitrogen and oxygen atoms in total. The van der Waals surface area contributed by atoms with Crippen molar-refractivity contribution in [3.63, 3.8) is 0 Å². The maximum absolute atomic E-state index is 12.9. The Hall–Kier alpha value is -2.50. The molecule has 25 heavy (non-hydrogen) atoms. The summed E-state index contributed by atoms with van der Waals surface area (Å²) in [6.45, 7) is 2.42. The maximum atomic E-state index is 12.9. The van der Waals surface area contributed by atoms with Crippen molar-refractivity contribution in [2.75, 3.05) is 18.0 Å². The molecule has 1 N–H and O–H groups in total. The third-order valence-electron chi connectivity index (χ3n) is 5.60. The third-order valence-corrected chi connectivity index (χ3v) is 5.60. The number of furan rings is 1. The Balaban J connectivity index is 1.32. The van der Waals surface area contributed by atoms with E-state index in [2.05, 4.69) is 21.3 Å². The molecule has 0 bridgehead atoms. The highest BCUT2D eigenvalue weighted by Gasteiger charge is 2.43. The summed E-state index contributed by atoms with van der Waals surface area (Å²) in [5, 5.41) is 3.19. The molecule has 3 aliphatic rings. The standard InChI is InChI=1S/C19H22N4O2/c24-19(21-16-10-15(16)17-6-3-9-25-17)22-11-13-4-1-7-20-18(13)23-8-2-5-14(23)12-22/h1,3-4,6-7,9,14-16H,2,5,8,10-12H2,(H,21,24)/t14-,15-,16-/m1/s1. The van der Waals surface area contributed by atoms with Gasteiger partial charge in [-0.1, -0.05) is 6.07 Å². The van der Waals surface area contributed by atoms with Crippen LogP contribution in [0, 0.1) is 0 Å². The van der Waals surface area contributed by atoms with Crippen LogP contribution in [-0.2, 0) is 6.54 Å². The summed E-state index contributed by atoms with van der Waals surface area (Å²) in [7, 11) is 0. The van der Waals surface area contributed by atoms with Crippen LogP contribution >= 0.6 is 0 Å². The zero-order chi connectivity index (χ0) is 16.8. The monoisotopic (exact) mass is 338 g/mol. The Kier molecular flexibility index (Phi) is 3.43. The smallest absolute Gasteiger partial charge is 0.318 e. The first-order chi connectivity index (χ1) is 12.3. The number of rotatable bonds is 2. The number of hydrogen-bond acceptors (Lipinski definition) is 4. The SMILES string of the molecule is O=C(N[C@@H]1C[C@H]1c1ccco1)N1Cc2cccnc2N2CCC[C@@H]2C1. The van der Waals surface area contributed by atoms with Crippen LogP contribution in [0.25, 0.3) is 0 Å². The van der Waals surface area contributed by atoms with E-state index < -0.39 is 0 Å². The molecule has 0 spiro atoms. The molecule has 1 aliphatic carbocycles. The minimum absolute atomic E-state index is 0.0302. The molecule has 130 valence electrons. The first kappa shape index (κ1) is 14.8. The highest BCUT2D eigenvalue weighted by molar-refractivity contribution is 5.76. The number of nitrogens with one attached hydrogen (secondary N) is 1. The second-order valence-corrected chi connectivity index (χ2v) is 7.27. The fourth-order valence-corrected chi connectivity index (χ4v) is 4.22. The molecule has 2 amide bonds. The normalized spacial score (nSPS) is 27.4. The predicted molar refractivity (Wildman–Crippen MR) is 93.4 cm³/mol. The molecule has 4 heterocycles. The van der Waals surface area contributed by atoms with Crippen LogP contribution in [0.1, 0.15) is 36.5 Å². The number of pyridine rings is 1. The van der Waals surface area contributed by atoms with Crippen LogP contribution in [0.5, 0.6) is 0 Å². The van der Waals surface area contributed by atoms with Crippen LogP contribution in [0.4, 0.5) is 10.6 Å². The van der Waals surface area contributed by atoms with Gasteiger partial charge in [0.1, 0.15) is 11.6 Å². The second kappa shape index (κ2) is 5.79. The fourth-order valence-electron chi connectivity index (χ4n) is 4.22. The summed E-state index contributed by atoms with van der Waals surface area (Å²) in [6, 6.07) is 8.53. The lowest BCUT2D eigenvalue weighted by Gasteiger charge is -2.27. The van der Waals surface area contributed by atoms with Gasteiger partial charge in [-0.25, -0.2) is 9.78 Å². The van der Waals surface area contributed by atoms with Gasteiger partial charge in [0.25, 0.3) is 0 Å². The van der Waals surface area contributed by atoms with Crippen molar-refractivity contribution in [2.24, 2.45) is 0 Å². The van der Waals surface area contributed by atoms with E-state index >= 15 is 0 Å². The van der Waals surface area contributed by atoms with Crippen LogP contribution < -0.4 is 10.2 Å². The molecule has 6 heteroatoms. The molecule has 2 aromatic heterocycles. The zero-order valence-corrected chi connectivity index (χ0v) is 14.1. The van der Waals surface area contributed by atoms with E-state index in [1.807, 2.05) is 29.3 Å². The summed E-state index contributed by atoms with van der Waals surface area (Å²) in [6.07, 6.45) is 6.79. The Morgan fingerprint density at radius 3 is 3.16 bits per heavy atom. The number of urea groups is 1. The third kappa shape index (κ3) is 2.65. The topological polar surface area (TPSA) is 61.6 Å². The fraction of sp³-hybridized carbons (Fsp3) is 0.474. The van der Waals surface area contributed by atoms with Gasteiger partial charge in [0.05, 0.1) is 12.8 Å². The van der Waals surface area contributed by atoms with E-state index in [0.29, 0.717) is 18.5 Å². The van der Waals surface area contributed by atoms with E-state index in [1.165, 1.54) is 6.42 Å². The Morgan fingerprint density at radius 2 is 2.28 bits per heavy atom. The quantitative estimate of drug-likeness (QED) is 0.915. The molecule has 3 atom stereocenters. The Labute approximate surface area is 146 Å². The van der Waals surface area contributed by atoms with Crippen molar-refractivity contribution >= 4 is 11.8 Å². The van der Waals surface area contributed by atoms with Gasteiger partial charge in [-0.2, -0.15) is 0 Å². The summed E-state index contributed by atoms with van der Waals surface area (Å²) < 4.78 is 5.46. The summed E-state index contributed by atoms with van der Waals surface area (Å²) in [5.41, 5.74) is 1.14. The summed E-state index contributed by atoms with van der Waals surface area (Å²) in [5.74, 6) is 2.35. The molecule has 0 aromatic carbocycles. The number of fused-ring (bicyclic) bond motifs is 3. The summed E-state index contributed by atoms with van der Waals surface area (Å²) in [4.78, 5) is 21.8. The number of anilines is 1. The second-order valence-electron chi connectivity index (χ2n) is 7.27. The minimum Gasteiger partial charge on any atom is -0.469 e. The lowest BCUT2D eigenvalue weighted by molar-refractivity contribution is 0.192. The van der Waals surface area contributed by atoms with Crippen molar-refractivity contribution in [2.45, 2.75) is 43.8 Å². The molecule has 2 aromatic rings. The zero-order valence-electron chi connectivity index (χ0n) is 14.1. The minimum atomic E-state index is 0.0302. The van der Waals surface area contributed by atoms with E-state index in [4.69, 9.17) is 4.42 Å². The number of hydrogen-bond donors (Lipinski definition) is 1. The molecule has 1 saturated carbocycles. The van der Waals surface area contributed by atoms with Crippen LogP contribution in [0.15, 0.2) is 41.1 Å². The number of aromatic nitrogens is 1. The van der Waals surface area contributed by atoms with Crippen LogP contribution in [0.2, 0.25) is 0 Å². The molecular formula is C19H22N4O2. The number of amides is 2. The Morgan fingerprint density at radius 1 is 1.32 bits per heavy atom. The van der Waals surface area contributed by atoms with Crippen LogP contribution in [-0.4, -0.2) is 41.1 Å². The average molecular weight is 338 g/mol. The lowest BCUT2D eigenvalue weighted by Crippen LogP contribution is -2.45. The van der Waals surface area contributed by atoms with Gasteiger partial charge in [0.2, 0.25) is 0 Å². The number of carbonyl (C=O) groups is 1. The van der Waals surface area contributed by atoms with Gasteiger partial charge in [-0.15, -0.1) is 0 Å². The van der Waals surface area contributed by atoms with Crippen molar-refractivity contribution < 1.29 is 9.21 Å². The number of nitrogens with zero attached hydrogens (tertiary/aromatic N) is 3. The molecule has 0 unspecified atom stereocenters. The van der Waals surface area contributed by atoms with E-state index in [1.54, 1.807) is 6.26 Å². The molecule has 0 radical (unpaired) electrons. The Bertz CT molecular complexity index is 775. The van der Waals surface area contributed by atoms with Crippen LogP contribution in [0.3, 0.4) is 0 Å². The highest BCUT2D eigenvalue weighted by atomic mass is 16.3. The van der Waals surface area contributed by atoms with E-state index in [9.17, 15) is 4.79 Å². The van der Waals surface area contributed by atoms with Gasteiger partial charge in [0.15, 0.2) is 0 Å². The molecule has 5 rings (SSSR count). The molecule has 1 saturated heterocycles. The van der Waals surface area contributed by atoms with Crippen molar-refractivity contribution in [1.29, 1.82) is 0 Å². The van der Waals surface area contributed by atoms with Gasteiger partial charge in [0, 0.05) is 42.9 Å². The maximum Gasteiger partial charge on any atom is 0.318 e. The van der Waals surface area contributed by atoms with E-state index in [0.717, 1.165) is 43.1 Å². The first-order valence-corrected chi connectivity index (χ1v) is 9.09.